The Balaban J connectivity index is 1.68. The lowest BCUT2D eigenvalue weighted by Crippen LogP contribution is -2.44. The number of piperazine rings is 1. The molecule has 1 aliphatic rings. The van der Waals surface area contributed by atoms with Gasteiger partial charge in [-0.1, -0.05) is 36.4 Å². The van der Waals surface area contributed by atoms with E-state index in [0.29, 0.717) is 5.69 Å². The van der Waals surface area contributed by atoms with Gasteiger partial charge < -0.3 is 9.80 Å². The Kier molecular flexibility index (Phi) is 4.20. The predicted octanol–water partition coefficient (Wildman–Crippen LogP) is 3.47. The predicted molar refractivity (Wildman–Crippen MR) is 102 cm³/mol. The Morgan fingerprint density at radius 2 is 1.68 bits per heavy atom. The second-order valence-electron chi connectivity index (χ2n) is 6.57. The summed E-state index contributed by atoms with van der Waals surface area (Å²) in [6, 6.07) is 18.5. The molecule has 0 amide bonds. The Hall–Kier alpha value is -2.72. The van der Waals surface area contributed by atoms with Gasteiger partial charge in [0.2, 0.25) is 0 Å². The van der Waals surface area contributed by atoms with E-state index in [1.54, 1.807) is 6.07 Å². The first kappa shape index (κ1) is 15.8. The van der Waals surface area contributed by atoms with E-state index in [1.807, 2.05) is 18.2 Å². The minimum Gasteiger partial charge on any atom is -0.369 e. The van der Waals surface area contributed by atoms with Gasteiger partial charge in [0.15, 0.2) is 6.29 Å². The normalized spacial score (nSPS) is 15.5. The third-order valence-corrected chi connectivity index (χ3v) is 4.91. The maximum Gasteiger partial charge on any atom is 0.168 e. The molecule has 2 heterocycles. The number of nitrogens with zero attached hydrogens (tertiary/aromatic N) is 3. The minimum atomic E-state index is 0.467. The number of benzene rings is 2. The summed E-state index contributed by atoms with van der Waals surface area (Å²) in [7, 11) is 2.17. The number of pyridine rings is 1. The molecule has 3 aromatic rings. The molecular formula is C21H21N3O. The lowest BCUT2D eigenvalue weighted by atomic mass is 10.0. The average Bonchev–Trinajstić information content (AvgIpc) is 2.68. The van der Waals surface area contributed by atoms with Gasteiger partial charge in [-0.25, -0.2) is 4.98 Å². The fourth-order valence-corrected chi connectivity index (χ4v) is 3.38. The van der Waals surface area contributed by atoms with Crippen LogP contribution < -0.4 is 4.90 Å². The highest BCUT2D eigenvalue weighted by Crippen LogP contribution is 2.29. The van der Waals surface area contributed by atoms with E-state index in [4.69, 9.17) is 0 Å². The van der Waals surface area contributed by atoms with Crippen molar-refractivity contribution in [2.45, 2.75) is 0 Å². The first-order chi connectivity index (χ1) is 12.2. The van der Waals surface area contributed by atoms with Crippen molar-refractivity contribution in [3.05, 3.63) is 60.3 Å². The van der Waals surface area contributed by atoms with Gasteiger partial charge >= 0.3 is 0 Å². The molecular weight excluding hydrogens is 310 g/mol. The van der Waals surface area contributed by atoms with E-state index in [1.165, 1.54) is 5.69 Å². The monoisotopic (exact) mass is 331 g/mol. The van der Waals surface area contributed by atoms with E-state index < -0.39 is 0 Å². The Morgan fingerprint density at radius 1 is 0.920 bits per heavy atom. The van der Waals surface area contributed by atoms with Crippen LogP contribution in [-0.4, -0.2) is 49.4 Å². The van der Waals surface area contributed by atoms with Crippen LogP contribution >= 0.6 is 0 Å². The number of rotatable bonds is 3. The SMILES string of the molecule is CN1CCN(c2ccc(-c3cccc4ccc(C=O)nc34)cc2)CC1. The van der Waals surface area contributed by atoms with Crippen LogP contribution in [0, 0.1) is 0 Å². The summed E-state index contributed by atoms with van der Waals surface area (Å²) < 4.78 is 0. The van der Waals surface area contributed by atoms with E-state index in [2.05, 4.69) is 52.2 Å². The molecule has 1 fully saturated rings. The molecule has 25 heavy (non-hydrogen) atoms. The largest absolute Gasteiger partial charge is 0.369 e. The van der Waals surface area contributed by atoms with Crippen molar-refractivity contribution >= 4 is 22.9 Å². The molecule has 0 unspecified atom stereocenters. The zero-order chi connectivity index (χ0) is 17.2. The number of carbonyl (C=O) groups excluding carboxylic acids is 1. The molecule has 0 saturated carbocycles. The van der Waals surface area contributed by atoms with Gasteiger partial charge in [-0.05, 0) is 30.8 Å². The quantitative estimate of drug-likeness (QED) is 0.689. The Bertz CT molecular complexity index is 897. The van der Waals surface area contributed by atoms with Crippen molar-refractivity contribution in [1.29, 1.82) is 0 Å². The number of anilines is 1. The molecule has 0 bridgehead atoms. The standard InChI is InChI=1S/C21H21N3O/c1-23-11-13-24(14-12-23)19-9-6-16(7-10-19)20-4-2-3-17-5-8-18(15-25)22-21(17)20/h2-10,15H,11-14H2,1H3. The van der Waals surface area contributed by atoms with Crippen LogP contribution in [0.2, 0.25) is 0 Å². The summed E-state index contributed by atoms with van der Waals surface area (Å²) in [5.74, 6) is 0. The summed E-state index contributed by atoms with van der Waals surface area (Å²) in [5.41, 5.74) is 4.79. The molecule has 0 aliphatic carbocycles. The summed E-state index contributed by atoms with van der Waals surface area (Å²) in [4.78, 5) is 20.4. The van der Waals surface area contributed by atoms with Crippen LogP contribution in [0.25, 0.3) is 22.0 Å². The summed E-state index contributed by atoms with van der Waals surface area (Å²) in [5, 5.41) is 1.05. The highest BCUT2D eigenvalue weighted by Gasteiger charge is 2.14. The van der Waals surface area contributed by atoms with E-state index >= 15 is 0 Å². The van der Waals surface area contributed by atoms with Gasteiger partial charge in [-0.2, -0.15) is 0 Å². The highest BCUT2D eigenvalue weighted by atomic mass is 16.1. The van der Waals surface area contributed by atoms with E-state index in [9.17, 15) is 4.79 Å². The second kappa shape index (κ2) is 6.65. The van der Waals surface area contributed by atoms with Crippen molar-refractivity contribution in [3.8, 4) is 11.1 Å². The van der Waals surface area contributed by atoms with Crippen LogP contribution in [0.5, 0.6) is 0 Å². The molecule has 1 aromatic heterocycles. The maximum absolute atomic E-state index is 11.1. The van der Waals surface area contributed by atoms with Crippen LogP contribution in [0.15, 0.2) is 54.6 Å². The minimum absolute atomic E-state index is 0.467. The van der Waals surface area contributed by atoms with Crippen molar-refractivity contribution < 1.29 is 4.79 Å². The topological polar surface area (TPSA) is 36.4 Å². The molecule has 4 nitrogen and oxygen atoms in total. The summed E-state index contributed by atoms with van der Waals surface area (Å²) in [6.07, 6.45) is 0.798. The first-order valence-electron chi connectivity index (χ1n) is 8.63. The van der Waals surface area contributed by atoms with Crippen LogP contribution in [0.1, 0.15) is 10.5 Å². The van der Waals surface area contributed by atoms with Crippen molar-refractivity contribution in [1.82, 2.24) is 9.88 Å². The highest BCUT2D eigenvalue weighted by molar-refractivity contribution is 5.95. The lowest BCUT2D eigenvalue weighted by Gasteiger charge is -2.34. The van der Waals surface area contributed by atoms with Crippen LogP contribution in [-0.2, 0) is 0 Å². The second-order valence-corrected chi connectivity index (χ2v) is 6.57. The summed E-state index contributed by atoms with van der Waals surface area (Å²) >= 11 is 0. The molecule has 126 valence electrons. The fourth-order valence-electron chi connectivity index (χ4n) is 3.38. The average molecular weight is 331 g/mol. The molecule has 4 heteroatoms. The lowest BCUT2D eigenvalue weighted by molar-refractivity contribution is 0.111. The molecule has 4 rings (SSSR count). The maximum atomic E-state index is 11.1. The molecule has 0 N–H and O–H groups in total. The van der Waals surface area contributed by atoms with E-state index in [0.717, 1.165) is 54.5 Å². The van der Waals surface area contributed by atoms with Crippen molar-refractivity contribution in [2.75, 3.05) is 38.1 Å². The van der Waals surface area contributed by atoms with Gasteiger partial charge in [0.1, 0.15) is 5.69 Å². The van der Waals surface area contributed by atoms with Crippen LogP contribution in [0.4, 0.5) is 5.69 Å². The van der Waals surface area contributed by atoms with Gasteiger partial charge in [0, 0.05) is 42.8 Å². The Morgan fingerprint density at radius 3 is 2.40 bits per heavy atom. The Labute approximate surface area is 147 Å². The number of carbonyl (C=O) groups is 1. The zero-order valence-corrected chi connectivity index (χ0v) is 14.4. The number of aldehydes is 1. The fraction of sp³-hybridized carbons (Fsp3) is 0.238. The van der Waals surface area contributed by atoms with Crippen molar-refractivity contribution in [2.24, 2.45) is 0 Å². The van der Waals surface area contributed by atoms with Crippen LogP contribution in [0.3, 0.4) is 0 Å². The number of fused-ring (bicyclic) bond motifs is 1. The van der Waals surface area contributed by atoms with Crippen molar-refractivity contribution in [3.63, 3.8) is 0 Å². The molecule has 0 spiro atoms. The number of para-hydroxylation sites is 1. The third kappa shape index (κ3) is 3.13. The number of hydrogen-bond acceptors (Lipinski definition) is 4. The molecule has 1 saturated heterocycles. The molecule has 0 atom stereocenters. The zero-order valence-electron chi connectivity index (χ0n) is 14.4. The molecule has 1 aliphatic heterocycles. The third-order valence-electron chi connectivity index (χ3n) is 4.91. The smallest absolute Gasteiger partial charge is 0.168 e. The van der Waals surface area contributed by atoms with E-state index in [-0.39, 0.29) is 0 Å². The van der Waals surface area contributed by atoms with Gasteiger partial charge in [0.25, 0.3) is 0 Å². The molecule has 0 radical (unpaired) electrons. The van der Waals surface area contributed by atoms with Gasteiger partial charge in [0.05, 0.1) is 5.52 Å². The van der Waals surface area contributed by atoms with Gasteiger partial charge in [-0.3, -0.25) is 4.79 Å². The molecule has 2 aromatic carbocycles. The van der Waals surface area contributed by atoms with Gasteiger partial charge in [-0.15, -0.1) is 0 Å². The number of aromatic nitrogens is 1. The summed E-state index contributed by atoms with van der Waals surface area (Å²) in [6.45, 7) is 4.33. The number of hydrogen-bond donors (Lipinski definition) is 0. The number of likely N-dealkylation sites (N-methyl/N-ethyl adjacent to an activating group) is 1. The first-order valence-corrected chi connectivity index (χ1v) is 8.63.